The quantitative estimate of drug-likeness (QED) is 0.773. The maximum Gasteiger partial charge on any atom is 0.373 e. The SMILES string of the molecule is COC(=O)c1ccc(C(F)(F)C/C=C/c2ccccc2)o1. The van der Waals surface area contributed by atoms with Gasteiger partial charge in [-0.05, 0) is 17.7 Å². The van der Waals surface area contributed by atoms with E-state index in [2.05, 4.69) is 4.74 Å². The van der Waals surface area contributed by atoms with E-state index in [0.29, 0.717) is 0 Å². The first kappa shape index (κ1) is 15.0. The first-order chi connectivity index (χ1) is 10.0. The monoisotopic (exact) mass is 292 g/mol. The standard InChI is InChI=1S/C16H14F2O3/c1-20-15(19)13-9-10-14(21-13)16(17,18)11-5-8-12-6-3-2-4-7-12/h2-10H,11H2,1H3/b8-5+. The fraction of sp³-hybridized carbons (Fsp3) is 0.188. The summed E-state index contributed by atoms with van der Waals surface area (Å²) in [6.07, 6.45) is 2.46. The lowest BCUT2D eigenvalue weighted by atomic mass is 10.1. The third kappa shape index (κ3) is 3.78. The van der Waals surface area contributed by atoms with Crippen LogP contribution in [0.2, 0.25) is 0 Å². The van der Waals surface area contributed by atoms with Crippen molar-refractivity contribution in [2.24, 2.45) is 0 Å². The van der Waals surface area contributed by atoms with E-state index in [-0.39, 0.29) is 5.76 Å². The minimum absolute atomic E-state index is 0.237. The molecule has 110 valence electrons. The summed E-state index contributed by atoms with van der Waals surface area (Å²) < 4.78 is 37.1. The number of rotatable bonds is 5. The summed E-state index contributed by atoms with van der Waals surface area (Å²) in [4.78, 5) is 11.2. The van der Waals surface area contributed by atoms with Crippen molar-refractivity contribution in [3.05, 3.63) is 65.6 Å². The van der Waals surface area contributed by atoms with Crippen LogP contribution in [0.15, 0.2) is 53.0 Å². The highest BCUT2D eigenvalue weighted by atomic mass is 19.3. The van der Waals surface area contributed by atoms with Gasteiger partial charge in [0.25, 0.3) is 0 Å². The number of carbonyl (C=O) groups is 1. The average molecular weight is 292 g/mol. The zero-order chi connectivity index (χ0) is 15.3. The van der Waals surface area contributed by atoms with Gasteiger partial charge in [-0.3, -0.25) is 0 Å². The number of halogens is 2. The molecule has 0 saturated heterocycles. The number of furan rings is 1. The van der Waals surface area contributed by atoms with Crippen LogP contribution in [0.5, 0.6) is 0 Å². The van der Waals surface area contributed by atoms with Crippen LogP contribution in [0.25, 0.3) is 6.08 Å². The molecule has 0 unspecified atom stereocenters. The van der Waals surface area contributed by atoms with Crippen LogP contribution in [-0.4, -0.2) is 13.1 Å². The second-order valence-electron chi connectivity index (χ2n) is 4.38. The van der Waals surface area contributed by atoms with E-state index in [4.69, 9.17) is 4.42 Å². The van der Waals surface area contributed by atoms with Gasteiger partial charge in [-0.1, -0.05) is 42.5 Å². The summed E-state index contributed by atoms with van der Waals surface area (Å²) in [6.45, 7) is 0. The molecule has 2 rings (SSSR count). The van der Waals surface area contributed by atoms with Crippen molar-refractivity contribution in [3.8, 4) is 0 Å². The molecule has 0 spiro atoms. The Kier molecular flexibility index (Phi) is 4.52. The van der Waals surface area contributed by atoms with E-state index in [1.807, 2.05) is 30.3 Å². The summed E-state index contributed by atoms with van der Waals surface area (Å²) in [7, 11) is 1.16. The van der Waals surface area contributed by atoms with Crippen molar-refractivity contribution in [1.29, 1.82) is 0 Å². The minimum atomic E-state index is -3.18. The van der Waals surface area contributed by atoms with Crippen LogP contribution in [0.4, 0.5) is 8.78 Å². The summed E-state index contributed by atoms with van der Waals surface area (Å²) >= 11 is 0. The number of methoxy groups -OCH3 is 1. The Bertz CT molecular complexity index is 630. The van der Waals surface area contributed by atoms with Crippen molar-refractivity contribution in [1.82, 2.24) is 0 Å². The number of benzene rings is 1. The highest BCUT2D eigenvalue weighted by Gasteiger charge is 2.34. The second kappa shape index (κ2) is 6.35. The number of ether oxygens (including phenoxy) is 1. The Balaban J connectivity index is 2.06. The van der Waals surface area contributed by atoms with Gasteiger partial charge in [0.2, 0.25) is 5.76 Å². The lowest BCUT2D eigenvalue weighted by Crippen LogP contribution is -2.10. The molecule has 5 heteroatoms. The molecule has 0 amide bonds. The fourth-order valence-corrected chi connectivity index (χ4v) is 1.75. The van der Waals surface area contributed by atoms with Gasteiger partial charge in [0, 0.05) is 6.42 Å². The molecule has 0 bridgehead atoms. The van der Waals surface area contributed by atoms with Crippen molar-refractivity contribution in [2.45, 2.75) is 12.3 Å². The third-order valence-electron chi connectivity index (χ3n) is 2.84. The predicted octanol–water partition coefficient (Wildman–Crippen LogP) is 4.26. The van der Waals surface area contributed by atoms with E-state index in [9.17, 15) is 13.6 Å². The molecule has 0 radical (unpaired) electrons. The Hall–Kier alpha value is -2.43. The van der Waals surface area contributed by atoms with Crippen LogP contribution in [0, 0.1) is 0 Å². The van der Waals surface area contributed by atoms with Crippen LogP contribution < -0.4 is 0 Å². The van der Waals surface area contributed by atoms with Gasteiger partial charge in [0.15, 0.2) is 5.76 Å². The zero-order valence-electron chi connectivity index (χ0n) is 11.4. The van der Waals surface area contributed by atoms with Crippen LogP contribution >= 0.6 is 0 Å². The Labute approximate surface area is 120 Å². The van der Waals surface area contributed by atoms with Crippen molar-refractivity contribution in [3.63, 3.8) is 0 Å². The van der Waals surface area contributed by atoms with E-state index >= 15 is 0 Å². The first-order valence-corrected chi connectivity index (χ1v) is 6.31. The average Bonchev–Trinajstić information content (AvgIpc) is 2.98. The number of hydrogen-bond acceptors (Lipinski definition) is 3. The maximum atomic E-state index is 13.9. The van der Waals surface area contributed by atoms with Crippen LogP contribution in [-0.2, 0) is 10.7 Å². The topological polar surface area (TPSA) is 39.4 Å². The smallest absolute Gasteiger partial charge is 0.373 e. The Morgan fingerprint density at radius 2 is 1.95 bits per heavy atom. The molecular formula is C16H14F2O3. The van der Waals surface area contributed by atoms with Gasteiger partial charge < -0.3 is 9.15 Å². The van der Waals surface area contributed by atoms with Gasteiger partial charge in [0.05, 0.1) is 7.11 Å². The largest absolute Gasteiger partial charge is 0.463 e. The molecule has 0 aliphatic carbocycles. The molecule has 3 nitrogen and oxygen atoms in total. The number of allylic oxidation sites excluding steroid dienone is 1. The fourth-order valence-electron chi connectivity index (χ4n) is 1.75. The lowest BCUT2D eigenvalue weighted by Gasteiger charge is -2.10. The first-order valence-electron chi connectivity index (χ1n) is 6.31. The van der Waals surface area contributed by atoms with Crippen molar-refractivity contribution >= 4 is 12.0 Å². The van der Waals surface area contributed by atoms with Gasteiger partial charge in [-0.25, -0.2) is 4.79 Å². The van der Waals surface area contributed by atoms with E-state index in [1.54, 1.807) is 6.08 Å². The highest BCUT2D eigenvalue weighted by molar-refractivity contribution is 5.86. The molecule has 0 aliphatic heterocycles. The summed E-state index contributed by atoms with van der Waals surface area (Å²) in [5, 5.41) is 0. The van der Waals surface area contributed by atoms with E-state index in [1.165, 1.54) is 12.1 Å². The number of esters is 1. The molecule has 0 saturated carbocycles. The summed E-state index contributed by atoms with van der Waals surface area (Å²) in [6, 6.07) is 11.4. The van der Waals surface area contributed by atoms with Crippen molar-refractivity contribution < 1.29 is 22.7 Å². The molecule has 1 aromatic heterocycles. The molecule has 1 heterocycles. The predicted molar refractivity (Wildman–Crippen MR) is 74.0 cm³/mol. The highest BCUT2D eigenvalue weighted by Crippen LogP contribution is 2.33. The van der Waals surface area contributed by atoms with Gasteiger partial charge in [-0.15, -0.1) is 0 Å². The molecule has 0 N–H and O–H groups in total. The van der Waals surface area contributed by atoms with Crippen LogP contribution in [0.3, 0.4) is 0 Å². The lowest BCUT2D eigenvalue weighted by molar-refractivity contribution is -0.0235. The van der Waals surface area contributed by atoms with Gasteiger partial charge in [-0.2, -0.15) is 8.78 Å². The summed E-state index contributed by atoms with van der Waals surface area (Å²) in [5.41, 5.74) is 0.836. The molecule has 21 heavy (non-hydrogen) atoms. The number of alkyl halides is 2. The second-order valence-corrected chi connectivity index (χ2v) is 4.38. The van der Waals surface area contributed by atoms with Gasteiger partial charge >= 0.3 is 11.9 Å². The Morgan fingerprint density at radius 3 is 2.62 bits per heavy atom. The molecule has 0 atom stereocenters. The van der Waals surface area contributed by atoms with Crippen LogP contribution in [0.1, 0.15) is 28.3 Å². The zero-order valence-corrected chi connectivity index (χ0v) is 11.4. The number of carbonyl (C=O) groups excluding carboxylic acids is 1. The van der Waals surface area contributed by atoms with E-state index in [0.717, 1.165) is 18.7 Å². The van der Waals surface area contributed by atoms with Gasteiger partial charge in [0.1, 0.15) is 0 Å². The maximum absolute atomic E-state index is 13.9. The minimum Gasteiger partial charge on any atom is -0.463 e. The Morgan fingerprint density at radius 1 is 1.24 bits per heavy atom. The third-order valence-corrected chi connectivity index (χ3v) is 2.84. The normalized spacial score (nSPS) is 11.8. The van der Waals surface area contributed by atoms with Crippen molar-refractivity contribution in [2.75, 3.05) is 7.11 Å². The van der Waals surface area contributed by atoms with E-state index < -0.39 is 24.1 Å². The molecule has 0 aliphatic rings. The molecular weight excluding hydrogens is 278 g/mol. The summed E-state index contributed by atoms with van der Waals surface area (Å²) in [5.74, 6) is -4.76. The number of hydrogen-bond donors (Lipinski definition) is 0. The molecule has 2 aromatic rings. The molecule has 0 fully saturated rings. The molecule has 1 aromatic carbocycles.